The smallest absolute Gasteiger partial charge is 0.194 e. The summed E-state index contributed by atoms with van der Waals surface area (Å²) in [6.45, 7) is 5.99. The summed E-state index contributed by atoms with van der Waals surface area (Å²) < 4.78 is 0. The zero-order valence-corrected chi connectivity index (χ0v) is 10.8. The Labute approximate surface area is 103 Å². The molecule has 0 heterocycles. The molecule has 17 heavy (non-hydrogen) atoms. The Morgan fingerprint density at radius 1 is 1.06 bits per heavy atom. The van der Waals surface area contributed by atoms with Gasteiger partial charge in [-0.25, -0.2) is 0 Å². The third kappa shape index (κ3) is 2.14. The van der Waals surface area contributed by atoms with Gasteiger partial charge in [-0.15, -0.1) is 0 Å². The van der Waals surface area contributed by atoms with Crippen LogP contribution in [0.5, 0.6) is 0 Å². The fourth-order valence-electron chi connectivity index (χ4n) is 2.64. The van der Waals surface area contributed by atoms with E-state index in [1.54, 1.807) is 0 Å². The van der Waals surface area contributed by atoms with Crippen molar-refractivity contribution in [1.29, 1.82) is 0 Å². The van der Waals surface area contributed by atoms with Gasteiger partial charge in [-0.3, -0.25) is 4.79 Å². The normalized spacial score (nSPS) is 18.4. The van der Waals surface area contributed by atoms with E-state index in [4.69, 9.17) is 0 Å². The minimum atomic E-state index is -1.10. The van der Waals surface area contributed by atoms with Gasteiger partial charge < -0.3 is 5.11 Å². The van der Waals surface area contributed by atoms with Crippen molar-refractivity contribution in [3.05, 3.63) is 34.4 Å². The molecule has 1 fully saturated rings. The second kappa shape index (κ2) is 4.26. The SMILES string of the molecule is Cc1cc(C)c(C(=O)C2(O)CCCC2)cc1C. The number of hydrogen-bond donors (Lipinski definition) is 1. The molecule has 2 heteroatoms. The molecule has 0 radical (unpaired) electrons. The maximum Gasteiger partial charge on any atom is 0.194 e. The minimum absolute atomic E-state index is 0.0874. The van der Waals surface area contributed by atoms with Gasteiger partial charge in [0, 0.05) is 5.56 Å². The van der Waals surface area contributed by atoms with E-state index in [0.717, 1.165) is 24.0 Å². The maximum absolute atomic E-state index is 12.4. The van der Waals surface area contributed by atoms with Crippen LogP contribution in [0.25, 0.3) is 0 Å². The Kier molecular flexibility index (Phi) is 3.09. The molecule has 0 spiro atoms. The van der Waals surface area contributed by atoms with Crippen molar-refractivity contribution < 1.29 is 9.90 Å². The van der Waals surface area contributed by atoms with Gasteiger partial charge >= 0.3 is 0 Å². The van der Waals surface area contributed by atoms with Crippen LogP contribution in [0.3, 0.4) is 0 Å². The minimum Gasteiger partial charge on any atom is -0.382 e. The lowest BCUT2D eigenvalue weighted by molar-refractivity contribution is 0.0352. The summed E-state index contributed by atoms with van der Waals surface area (Å²) in [5.74, 6) is -0.0874. The number of aliphatic hydroxyl groups is 1. The lowest BCUT2D eigenvalue weighted by Gasteiger charge is -2.22. The van der Waals surface area contributed by atoms with E-state index < -0.39 is 5.60 Å². The molecule has 0 atom stereocenters. The molecule has 0 aromatic heterocycles. The van der Waals surface area contributed by atoms with Crippen LogP contribution in [0.2, 0.25) is 0 Å². The first-order chi connectivity index (χ1) is 7.94. The first-order valence-corrected chi connectivity index (χ1v) is 6.29. The van der Waals surface area contributed by atoms with Crippen LogP contribution in [-0.4, -0.2) is 16.5 Å². The van der Waals surface area contributed by atoms with Crippen LogP contribution in [0.4, 0.5) is 0 Å². The van der Waals surface area contributed by atoms with Crippen LogP contribution < -0.4 is 0 Å². The number of benzene rings is 1. The van der Waals surface area contributed by atoms with Crippen molar-refractivity contribution in [3.8, 4) is 0 Å². The molecule has 2 nitrogen and oxygen atoms in total. The fraction of sp³-hybridized carbons (Fsp3) is 0.533. The van der Waals surface area contributed by atoms with Gasteiger partial charge in [-0.2, -0.15) is 0 Å². The number of aryl methyl sites for hydroxylation is 3. The standard InChI is InChI=1S/C15H20O2/c1-10-8-12(3)13(9-11(10)2)14(16)15(17)6-4-5-7-15/h8-9,17H,4-7H2,1-3H3. The van der Waals surface area contributed by atoms with Gasteiger partial charge in [0.15, 0.2) is 5.78 Å². The van der Waals surface area contributed by atoms with Crippen LogP contribution in [0.1, 0.15) is 52.7 Å². The van der Waals surface area contributed by atoms with Crippen LogP contribution in [0, 0.1) is 20.8 Å². The highest BCUT2D eigenvalue weighted by Crippen LogP contribution is 2.33. The lowest BCUT2D eigenvalue weighted by atomic mass is 9.87. The quantitative estimate of drug-likeness (QED) is 0.795. The molecule has 0 saturated heterocycles. The van der Waals surface area contributed by atoms with E-state index >= 15 is 0 Å². The number of rotatable bonds is 2. The van der Waals surface area contributed by atoms with Crippen molar-refractivity contribution in [3.63, 3.8) is 0 Å². The van der Waals surface area contributed by atoms with E-state index in [-0.39, 0.29) is 5.78 Å². The number of carbonyl (C=O) groups is 1. The zero-order chi connectivity index (χ0) is 12.6. The molecular formula is C15H20O2. The summed E-state index contributed by atoms with van der Waals surface area (Å²) in [4.78, 5) is 12.4. The highest BCUT2D eigenvalue weighted by Gasteiger charge is 2.39. The second-order valence-electron chi connectivity index (χ2n) is 5.32. The highest BCUT2D eigenvalue weighted by molar-refractivity contribution is 6.03. The molecular weight excluding hydrogens is 212 g/mol. The van der Waals surface area contributed by atoms with Gasteiger partial charge in [0.25, 0.3) is 0 Å². The van der Waals surface area contributed by atoms with Gasteiger partial charge in [0.05, 0.1) is 0 Å². The third-order valence-corrected chi connectivity index (χ3v) is 3.94. The van der Waals surface area contributed by atoms with Gasteiger partial charge in [-0.1, -0.05) is 6.07 Å². The molecule has 1 aromatic rings. The fourth-order valence-corrected chi connectivity index (χ4v) is 2.64. The van der Waals surface area contributed by atoms with E-state index in [9.17, 15) is 9.90 Å². The first kappa shape index (κ1) is 12.3. The highest BCUT2D eigenvalue weighted by atomic mass is 16.3. The molecule has 0 bridgehead atoms. The Bertz CT molecular complexity index is 454. The Hall–Kier alpha value is -1.15. The van der Waals surface area contributed by atoms with Crippen molar-refractivity contribution in [2.75, 3.05) is 0 Å². The number of ketones is 1. The molecule has 2 rings (SSSR count). The summed E-state index contributed by atoms with van der Waals surface area (Å²) in [6.07, 6.45) is 3.12. The summed E-state index contributed by atoms with van der Waals surface area (Å²) >= 11 is 0. The summed E-state index contributed by atoms with van der Waals surface area (Å²) in [5.41, 5.74) is 2.86. The Balaban J connectivity index is 2.40. The number of hydrogen-bond acceptors (Lipinski definition) is 2. The average Bonchev–Trinajstić information content (AvgIpc) is 2.71. The average molecular weight is 232 g/mol. The van der Waals surface area contributed by atoms with Crippen LogP contribution in [-0.2, 0) is 0 Å². The largest absolute Gasteiger partial charge is 0.382 e. The molecule has 1 saturated carbocycles. The maximum atomic E-state index is 12.4. The molecule has 1 aliphatic carbocycles. The summed E-state index contributed by atoms with van der Waals surface area (Å²) in [6, 6.07) is 3.95. The number of carbonyl (C=O) groups excluding carboxylic acids is 1. The summed E-state index contributed by atoms with van der Waals surface area (Å²) in [5, 5.41) is 10.3. The van der Waals surface area contributed by atoms with Crippen molar-refractivity contribution in [2.24, 2.45) is 0 Å². The van der Waals surface area contributed by atoms with Crippen LogP contribution in [0.15, 0.2) is 12.1 Å². The molecule has 1 aromatic carbocycles. The molecule has 1 N–H and O–H groups in total. The topological polar surface area (TPSA) is 37.3 Å². The van der Waals surface area contributed by atoms with Gasteiger partial charge in [0.2, 0.25) is 0 Å². The van der Waals surface area contributed by atoms with Crippen molar-refractivity contribution >= 4 is 5.78 Å². The summed E-state index contributed by atoms with van der Waals surface area (Å²) in [7, 11) is 0. The van der Waals surface area contributed by atoms with E-state index in [2.05, 4.69) is 0 Å². The van der Waals surface area contributed by atoms with E-state index in [1.165, 1.54) is 5.56 Å². The lowest BCUT2D eigenvalue weighted by Crippen LogP contribution is -2.35. The van der Waals surface area contributed by atoms with Crippen molar-refractivity contribution in [2.45, 2.75) is 52.1 Å². The monoisotopic (exact) mass is 232 g/mol. The van der Waals surface area contributed by atoms with E-state index in [1.807, 2.05) is 32.9 Å². The molecule has 0 amide bonds. The van der Waals surface area contributed by atoms with Gasteiger partial charge in [0.1, 0.15) is 5.60 Å². The van der Waals surface area contributed by atoms with Crippen molar-refractivity contribution in [1.82, 2.24) is 0 Å². The third-order valence-electron chi connectivity index (χ3n) is 3.94. The van der Waals surface area contributed by atoms with Gasteiger partial charge in [-0.05, 0) is 69.2 Å². The molecule has 92 valence electrons. The first-order valence-electron chi connectivity index (χ1n) is 6.29. The number of Topliss-reactive ketones (excluding diaryl/α,β-unsaturated/α-hetero) is 1. The van der Waals surface area contributed by atoms with Crippen LogP contribution >= 0.6 is 0 Å². The Morgan fingerprint density at radius 2 is 1.59 bits per heavy atom. The second-order valence-corrected chi connectivity index (χ2v) is 5.32. The predicted octanol–water partition coefficient (Wildman–Crippen LogP) is 3.10. The molecule has 1 aliphatic rings. The zero-order valence-electron chi connectivity index (χ0n) is 10.8. The van der Waals surface area contributed by atoms with E-state index in [0.29, 0.717) is 18.4 Å². The predicted molar refractivity (Wildman–Crippen MR) is 68.4 cm³/mol. The molecule has 0 unspecified atom stereocenters. The Morgan fingerprint density at radius 3 is 2.18 bits per heavy atom. The molecule has 0 aliphatic heterocycles.